The number of carbonyl (C=O) groups is 2. The molecular formula is C31H22Cl3N3O4. The van der Waals surface area contributed by atoms with E-state index in [9.17, 15) is 9.59 Å². The normalized spacial score (nSPS) is 11.1. The number of hydrogen-bond acceptors (Lipinski definition) is 5. The molecule has 5 rings (SSSR count). The number of amides is 1. The van der Waals surface area contributed by atoms with Gasteiger partial charge in [0.1, 0.15) is 5.69 Å². The third kappa shape index (κ3) is 6.38. The lowest BCUT2D eigenvalue weighted by molar-refractivity contribution is 0.0728. The fraction of sp³-hybridized carbons (Fsp3) is 0.0645. The van der Waals surface area contributed by atoms with E-state index in [4.69, 9.17) is 44.3 Å². The number of fused-ring (bicyclic) bond motifs is 1. The third-order valence-electron chi connectivity index (χ3n) is 6.03. The summed E-state index contributed by atoms with van der Waals surface area (Å²) in [5.41, 5.74) is 5.87. The van der Waals surface area contributed by atoms with Crippen LogP contribution in [0.5, 0.6) is 11.5 Å². The molecule has 0 aliphatic carbocycles. The first-order valence-electron chi connectivity index (χ1n) is 12.5. The van der Waals surface area contributed by atoms with E-state index < -0.39 is 11.9 Å². The Morgan fingerprint density at radius 3 is 2.39 bits per heavy atom. The molecule has 4 aromatic carbocycles. The summed E-state index contributed by atoms with van der Waals surface area (Å²) in [4.78, 5) is 29.0. The van der Waals surface area contributed by atoms with E-state index in [1.807, 2.05) is 37.3 Å². The minimum Gasteiger partial charge on any atom is -0.490 e. The van der Waals surface area contributed by atoms with Gasteiger partial charge in [-0.15, -0.1) is 0 Å². The van der Waals surface area contributed by atoms with Gasteiger partial charge in [-0.05, 0) is 72.6 Å². The van der Waals surface area contributed by atoms with E-state index in [2.05, 4.69) is 15.5 Å². The zero-order valence-corrected chi connectivity index (χ0v) is 23.8. The average Bonchev–Trinajstić information content (AvgIpc) is 3.35. The van der Waals surface area contributed by atoms with Gasteiger partial charge >= 0.3 is 5.97 Å². The number of rotatable bonds is 8. The molecule has 206 valence electrons. The Labute approximate surface area is 250 Å². The predicted octanol–water partition coefficient (Wildman–Crippen LogP) is 8.18. The molecule has 5 aromatic rings. The van der Waals surface area contributed by atoms with Crippen LogP contribution in [0, 0.1) is 0 Å². The van der Waals surface area contributed by atoms with Crippen molar-refractivity contribution in [3.63, 3.8) is 0 Å². The van der Waals surface area contributed by atoms with E-state index in [1.54, 1.807) is 54.6 Å². The van der Waals surface area contributed by atoms with Crippen LogP contribution in [0.1, 0.15) is 33.3 Å². The topological polar surface area (TPSA) is 92.8 Å². The van der Waals surface area contributed by atoms with Gasteiger partial charge in [0.05, 0.1) is 23.4 Å². The molecule has 0 unspecified atom stereocenters. The molecule has 0 radical (unpaired) electrons. The van der Waals surface area contributed by atoms with E-state index in [0.717, 1.165) is 5.56 Å². The number of esters is 1. The maximum atomic E-state index is 13.3. The van der Waals surface area contributed by atoms with Gasteiger partial charge in [-0.25, -0.2) is 10.2 Å². The van der Waals surface area contributed by atoms with Gasteiger partial charge in [-0.2, -0.15) is 5.10 Å². The van der Waals surface area contributed by atoms with Gasteiger partial charge in [-0.3, -0.25) is 4.79 Å². The van der Waals surface area contributed by atoms with Crippen molar-refractivity contribution < 1.29 is 19.1 Å². The minimum atomic E-state index is -0.551. The summed E-state index contributed by atoms with van der Waals surface area (Å²) >= 11 is 18.6. The highest BCUT2D eigenvalue weighted by atomic mass is 35.5. The Morgan fingerprint density at radius 1 is 0.902 bits per heavy atom. The van der Waals surface area contributed by atoms with E-state index in [1.165, 1.54) is 6.21 Å². The Kier molecular flexibility index (Phi) is 8.59. The molecule has 1 heterocycles. The van der Waals surface area contributed by atoms with Crippen LogP contribution in [0.2, 0.25) is 15.1 Å². The van der Waals surface area contributed by atoms with Gasteiger partial charge in [0, 0.05) is 26.5 Å². The maximum absolute atomic E-state index is 13.3. The highest BCUT2D eigenvalue weighted by Gasteiger charge is 2.21. The van der Waals surface area contributed by atoms with Gasteiger partial charge in [0.25, 0.3) is 5.91 Å². The van der Waals surface area contributed by atoms with Crippen LogP contribution in [0.25, 0.3) is 22.0 Å². The molecule has 0 fully saturated rings. The fourth-order valence-electron chi connectivity index (χ4n) is 4.24. The Morgan fingerprint density at radius 2 is 1.66 bits per heavy atom. The van der Waals surface area contributed by atoms with Crippen LogP contribution in [0.15, 0.2) is 90.0 Å². The summed E-state index contributed by atoms with van der Waals surface area (Å²) in [7, 11) is 0. The van der Waals surface area contributed by atoms with Crippen molar-refractivity contribution in [3.05, 3.63) is 117 Å². The average molecular weight is 607 g/mol. The molecule has 0 atom stereocenters. The SMILES string of the molecule is CCOc1cc(C=NNC(=O)c2[nH]c3cc(Cl)cc(Cl)c3c2-c2ccccc2)ccc1OC(=O)c1ccc(Cl)cc1. The number of nitrogens with one attached hydrogen (secondary N) is 2. The number of aromatic nitrogens is 1. The standard InChI is InChI=1S/C31H22Cl3N3O4/c1-2-40-26-14-18(8-13-25(26)41-31(39)20-9-11-21(32)12-10-20)17-35-37-30(38)29-27(19-6-4-3-5-7-19)28-23(34)15-22(33)16-24(28)36-29/h3-17,36H,2H2,1H3,(H,37,38). The lowest BCUT2D eigenvalue weighted by Gasteiger charge is -2.11. The highest BCUT2D eigenvalue weighted by molar-refractivity contribution is 6.40. The van der Waals surface area contributed by atoms with E-state index in [-0.39, 0.29) is 11.4 Å². The van der Waals surface area contributed by atoms with E-state index >= 15 is 0 Å². The van der Waals surface area contributed by atoms with E-state index in [0.29, 0.717) is 55.0 Å². The largest absolute Gasteiger partial charge is 0.490 e. The molecule has 0 bridgehead atoms. The molecule has 7 nitrogen and oxygen atoms in total. The molecule has 2 N–H and O–H groups in total. The van der Waals surface area contributed by atoms with Crippen LogP contribution in [-0.4, -0.2) is 29.7 Å². The van der Waals surface area contributed by atoms with Crippen LogP contribution < -0.4 is 14.9 Å². The molecule has 0 aliphatic heterocycles. The summed E-state index contributed by atoms with van der Waals surface area (Å²) in [5, 5.41) is 6.20. The summed E-state index contributed by atoms with van der Waals surface area (Å²) in [6.45, 7) is 2.16. The van der Waals surface area contributed by atoms with Crippen LogP contribution >= 0.6 is 34.8 Å². The second-order valence-electron chi connectivity index (χ2n) is 8.79. The smallest absolute Gasteiger partial charge is 0.343 e. The number of hydrogen-bond donors (Lipinski definition) is 2. The van der Waals surface area contributed by atoms with Gasteiger partial charge in [0.2, 0.25) is 0 Å². The van der Waals surface area contributed by atoms with Gasteiger partial charge in [-0.1, -0.05) is 65.1 Å². The number of aromatic amines is 1. The lowest BCUT2D eigenvalue weighted by Crippen LogP contribution is -2.18. The van der Waals surface area contributed by atoms with Crippen LogP contribution in [0.4, 0.5) is 0 Å². The second kappa shape index (κ2) is 12.5. The van der Waals surface area contributed by atoms with Crippen molar-refractivity contribution in [1.29, 1.82) is 0 Å². The molecule has 0 spiro atoms. The molecule has 0 saturated heterocycles. The van der Waals surface area contributed by atoms with Gasteiger partial charge in [0.15, 0.2) is 11.5 Å². The van der Waals surface area contributed by atoms with Crippen molar-refractivity contribution >= 4 is 63.8 Å². The monoisotopic (exact) mass is 605 g/mol. The molecule has 1 amide bonds. The predicted molar refractivity (Wildman–Crippen MR) is 163 cm³/mol. The zero-order chi connectivity index (χ0) is 28.9. The second-order valence-corrected chi connectivity index (χ2v) is 10.1. The van der Waals surface area contributed by atoms with Crippen molar-refractivity contribution in [1.82, 2.24) is 10.4 Å². The number of hydrazone groups is 1. The quantitative estimate of drug-likeness (QED) is 0.0806. The summed E-state index contributed by atoms with van der Waals surface area (Å²) < 4.78 is 11.2. The number of nitrogens with zero attached hydrogens (tertiary/aromatic N) is 1. The van der Waals surface area contributed by atoms with Crippen LogP contribution in [0.3, 0.4) is 0 Å². The molecule has 0 saturated carbocycles. The molecule has 10 heteroatoms. The molecule has 41 heavy (non-hydrogen) atoms. The molecule has 1 aromatic heterocycles. The first-order chi connectivity index (χ1) is 19.8. The van der Waals surface area contributed by atoms with Crippen molar-refractivity contribution in [2.24, 2.45) is 5.10 Å². The Hall–Kier alpha value is -4.30. The Balaban J connectivity index is 1.37. The number of halogens is 3. The first-order valence-corrected chi connectivity index (χ1v) is 13.6. The number of carbonyl (C=O) groups excluding carboxylic acids is 2. The summed E-state index contributed by atoms with van der Waals surface area (Å²) in [6.07, 6.45) is 1.46. The third-order valence-corrected chi connectivity index (χ3v) is 6.80. The molecular weight excluding hydrogens is 585 g/mol. The molecule has 0 aliphatic rings. The van der Waals surface area contributed by atoms with Gasteiger partial charge < -0.3 is 14.5 Å². The summed E-state index contributed by atoms with van der Waals surface area (Å²) in [5.74, 6) is -0.431. The number of H-pyrrole nitrogens is 1. The van der Waals surface area contributed by atoms with Crippen molar-refractivity contribution in [2.45, 2.75) is 6.92 Å². The first kappa shape index (κ1) is 28.2. The maximum Gasteiger partial charge on any atom is 0.343 e. The van der Waals surface area contributed by atoms with Crippen LogP contribution in [-0.2, 0) is 0 Å². The highest BCUT2D eigenvalue weighted by Crippen LogP contribution is 2.38. The Bertz CT molecular complexity index is 1770. The number of benzene rings is 4. The van der Waals surface area contributed by atoms with Crippen molar-refractivity contribution in [2.75, 3.05) is 6.61 Å². The minimum absolute atomic E-state index is 0.245. The lowest BCUT2D eigenvalue weighted by atomic mass is 10.0. The summed E-state index contributed by atoms with van der Waals surface area (Å²) in [6, 6.07) is 24.1. The zero-order valence-electron chi connectivity index (χ0n) is 21.6. The van der Waals surface area contributed by atoms with Crippen molar-refractivity contribution in [3.8, 4) is 22.6 Å². The fourth-order valence-corrected chi connectivity index (χ4v) is 4.95. The number of ether oxygens (including phenoxy) is 2.